The molecule has 32 heavy (non-hydrogen) atoms. The zero-order chi connectivity index (χ0) is 22.9. The molecule has 1 aromatic heterocycles. The van der Waals surface area contributed by atoms with Crippen LogP contribution < -0.4 is 4.74 Å². The Labute approximate surface area is 195 Å². The summed E-state index contributed by atoms with van der Waals surface area (Å²) < 4.78 is 29.1. The number of carboxylic acid groups (broad SMARTS) is 1. The molecule has 1 heterocycles. The Kier molecular flexibility index (Phi) is 5.96. The summed E-state index contributed by atoms with van der Waals surface area (Å²) in [7, 11) is 0. The molecule has 0 atom stereocenters. The van der Waals surface area contributed by atoms with Gasteiger partial charge in [-0.2, -0.15) is 8.78 Å². The molecule has 0 unspecified atom stereocenters. The van der Waals surface area contributed by atoms with Gasteiger partial charge in [0.2, 0.25) is 0 Å². The lowest BCUT2D eigenvalue weighted by molar-refractivity contribution is -0.131. The van der Waals surface area contributed by atoms with E-state index in [9.17, 15) is 23.5 Å². The van der Waals surface area contributed by atoms with Crippen LogP contribution in [-0.2, 0) is 11.3 Å². The fraction of sp³-hybridized carbons (Fsp3) is 0.0833. The molecule has 0 aliphatic rings. The van der Waals surface area contributed by atoms with Gasteiger partial charge in [0.25, 0.3) is 5.78 Å². The average molecular weight is 547 g/mol. The predicted molar refractivity (Wildman–Crippen MR) is 124 cm³/mol. The van der Waals surface area contributed by atoms with Gasteiger partial charge in [0.1, 0.15) is 5.75 Å². The number of carboxylic acids is 1. The third-order valence-electron chi connectivity index (χ3n) is 4.94. The summed E-state index contributed by atoms with van der Waals surface area (Å²) in [6, 6.07) is 21.1. The lowest BCUT2D eigenvalue weighted by atomic mass is 10.0. The van der Waals surface area contributed by atoms with Crippen molar-refractivity contribution in [3.8, 4) is 16.9 Å². The number of Topliss-reactive ketones (excluding diaryl/α,β-unsaturated/α-hetero) is 1. The van der Waals surface area contributed by atoms with Gasteiger partial charge in [0, 0.05) is 23.6 Å². The summed E-state index contributed by atoms with van der Waals surface area (Å²) in [6.07, 6.45) is 1.55. The van der Waals surface area contributed by atoms with E-state index in [1.807, 2.05) is 47.0 Å². The topological polar surface area (TPSA) is 68.5 Å². The molecule has 0 spiro atoms. The Hall–Kier alpha value is -3.27. The van der Waals surface area contributed by atoms with Crippen LogP contribution in [0.25, 0.3) is 22.0 Å². The number of hydrogen-bond donors (Lipinski definition) is 1. The van der Waals surface area contributed by atoms with Crippen molar-refractivity contribution in [1.29, 1.82) is 0 Å². The van der Waals surface area contributed by atoms with Crippen molar-refractivity contribution in [2.75, 3.05) is 0 Å². The first-order chi connectivity index (χ1) is 15.2. The summed E-state index contributed by atoms with van der Waals surface area (Å²) in [6.45, 7) is 0.472. The molecule has 5 nitrogen and oxygen atoms in total. The van der Waals surface area contributed by atoms with E-state index in [0.29, 0.717) is 28.6 Å². The van der Waals surface area contributed by atoms with Gasteiger partial charge in [-0.25, -0.2) is 4.79 Å². The second-order valence-corrected chi connectivity index (χ2v) is 8.35. The summed E-state index contributed by atoms with van der Waals surface area (Å²) >= 11 is 0.897. The smallest absolute Gasteiger partial charge is 0.451 e. The molecule has 0 aliphatic carbocycles. The van der Waals surface area contributed by atoms with E-state index in [0.717, 1.165) is 28.2 Å². The SMILES string of the molecule is O=C(O)C(=O)c1cn(Cc2ccccc2)c2ccc(-c3ccc(OC(F)(F)I)cc3)cc12. The second kappa shape index (κ2) is 8.70. The minimum absolute atomic E-state index is 0.0185. The van der Waals surface area contributed by atoms with Crippen LogP contribution in [0, 0.1) is 0 Å². The Morgan fingerprint density at radius 2 is 1.62 bits per heavy atom. The van der Waals surface area contributed by atoms with Gasteiger partial charge in [-0.05, 0) is 41.0 Å². The van der Waals surface area contributed by atoms with Crippen molar-refractivity contribution in [3.63, 3.8) is 0 Å². The zero-order valence-corrected chi connectivity index (χ0v) is 18.6. The lowest BCUT2D eigenvalue weighted by Gasteiger charge is -2.11. The van der Waals surface area contributed by atoms with Crippen molar-refractivity contribution in [1.82, 2.24) is 4.57 Å². The Morgan fingerprint density at radius 1 is 0.969 bits per heavy atom. The van der Waals surface area contributed by atoms with Crippen LogP contribution in [0.4, 0.5) is 8.78 Å². The van der Waals surface area contributed by atoms with Crippen molar-refractivity contribution < 1.29 is 28.2 Å². The van der Waals surface area contributed by atoms with Crippen LogP contribution in [0.5, 0.6) is 5.75 Å². The molecule has 0 saturated carbocycles. The Morgan fingerprint density at radius 3 is 2.25 bits per heavy atom. The highest BCUT2D eigenvalue weighted by Gasteiger charge is 2.26. The van der Waals surface area contributed by atoms with Crippen LogP contribution in [0.15, 0.2) is 79.0 Å². The van der Waals surface area contributed by atoms with Crippen molar-refractivity contribution in [2.45, 2.75) is 10.7 Å². The van der Waals surface area contributed by atoms with E-state index in [2.05, 4.69) is 4.74 Å². The molecule has 0 radical (unpaired) electrons. The summed E-state index contributed by atoms with van der Waals surface area (Å²) in [4.78, 5) is 23.7. The van der Waals surface area contributed by atoms with E-state index in [1.54, 1.807) is 24.4 Å². The highest BCUT2D eigenvalue weighted by molar-refractivity contribution is 14.1. The number of ketones is 1. The molecule has 0 aliphatic heterocycles. The molecular weight excluding hydrogens is 531 g/mol. The van der Waals surface area contributed by atoms with Gasteiger partial charge >= 0.3 is 10.1 Å². The van der Waals surface area contributed by atoms with Gasteiger partial charge < -0.3 is 14.4 Å². The third kappa shape index (κ3) is 4.80. The minimum Gasteiger partial charge on any atom is -0.475 e. The number of halogens is 3. The van der Waals surface area contributed by atoms with Crippen LogP contribution in [0.2, 0.25) is 0 Å². The third-order valence-corrected chi connectivity index (χ3v) is 5.16. The summed E-state index contributed by atoms with van der Waals surface area (Å²) in [5.41, 5.74) is 3.23. The second-order valence-electron chi connectivity index (χ2n) is 7.09. The van der Waals surface area contributed by atoms with Crippen molar-refractivity contribution in [3.05, 3.63) is 90.1 Å². The van der Waals surface area contributed by atoms with Crippen molar-refractivity contribution >= 4 is 45.2 Å². The van der Waals surface area contributed by atoms with Crippen LogP contribution in [0.3, 0.4) is 0 Å². The largest absolute Gasteiger partial charge is 0.475 e. The number of carbonyl (C=O) groups excluding carboxylic acids is 1. The van der Waals surface area contributed by atoms with Gasteiger partial charge in [0.05, 0.1) is 28.2 Å². The molecule has 3 aromatic carbocycles. The van der Waals surface area contributed by atoms with Gasteiger partial charge in [-0.3, -0.25) is 4.79 Å². The molecule has 162 valence electrons. The number of hydrogen-bond acceptors (Lipinski definition) is 3. The predicted octanol–water partition coefficient (Wildman–Crippen LogP) is 5.99. The molecule has 0 amide bonds. The Bertz CT molecular complexity index is 1300. The number of alkyl halides is 3. The molecule has 8 heteroatoms. The van der Waals surface area contributed by atoms with Crippen LogP contribution >= 0.6 is 22.6 Å². The number of ether oxygens (including phenoxy) is 1. The molecule has 0 bridgehead atoms. The van der Waals surface area contributed by atoms with E-state index in [-0.39, 0.29) is 11.3 Å². The quantitative estimate of drug-likeness (QED) is 0.134. The summed E-state index contributed by atoms with van der Waals surface area (Å²) in [5, 5.41) is 9.77. The van der Waals surface area contributed by atoms with Gasteiger partial charge in [0.15, 0.2) is 0 Å². The van der Waals surface area contributed by atoms with E-state index in [1.165, 1.54) is 12.1 Å². The molecule has 4 rings (SSSR count). The van der Waals surface area contributed by atoms with Crippen LogP contribution in [-0.4, -0.2) is 25.5 Å². The number of nitrogens with zero attached hydrogens (tertiary/aromatic N) is 1. The maximum absolute atomic E-state index is 13.0. The molecule has 4 aromatic rings. The van der Waals surface area contributed by atoms with E-state index in [4.69, 9.17) is 0 Å². The first-order valence-corrected chi connectivity index (χ1v) is 10.6. The Balaban J connectivity index is 1.76. The van der Waals surface area contributed by atoms with E-state index < -0.39 is 15.9 Å². The number of benzene rings is 3. The lowest BCUT2D eigenvalue weighted by Crippen LogP contribution is -2.14. The zero-order valence-electron chi connectivity index (χ0n) is 16.5. The number of rotatable bonds is 7. The van der Waals surface area contributed by atoms with E-state index >= 15 is 0 Å². The molecule has 0 fully saturated rings. The fourth-order valence-corrected chi connectivity index (χ4v) is 3.79. The molecule has 0 saturated heterocycles. The standard InChI is InChI=1S/C24H16F2INO4/c25-24(26,27)32-18-9-6-16(7-10-18)17-8-11-21-19(12-17)20(22(29)23(30)31)14-28(21)13-15-4-2-1-3-5-15/h1-12,14H,13H2,(H,30,31). The first-order valence-electron chi connectivity index (χ1n) is 9.52. The first kappa shape index (κ1) is 21.9. The number of fused-ring (bicyclic) bond motifs is 1. The highest BCUT2D eigenvalue weighted by atomic mass is 127. The average Bonchev–Trinajstić information content (AvgIpc) is 3.11. The number of aromatic nitrogens is 1. The monoisotopic (exact) mass is 547 g/mol. The van der Waals surface area contributed by atoms with Crippen LogP contribution in [0.1, 0.15) is 15.9 Å². The molecule has 1 N–H and O–H groups in total. The maximum atomic E-state index is 13.0. The van der Waals surface area contributed by atoms with Gasteiger partial charge in [-0.1, -0.05) is 48.5 Å². The fourth-order valence-electron chi connectivity index (χ4n) is 3.53. The number of carbonyl (C=O) groups is 2. The summed E-state index contributed by atoms with van der Waals surface area (Å²) in [5.74, 6) is -2.51. The molecular formula is C24H16F2INO4. The normalized spacial score (nSPS) is 11.5. The number of aliphatic carboxylic acids is 1. The van der Waals surface area contributed by atoms with Crippen molar-refractivity contribution in [2.24, 2.45) is 0 Å². The minimum atomic E-state index is -3.31. The maximum Gasteiger partial charge on any atom is 0.451 e. The highest BCUT2D eigenvalue weighted by Crippen LogP contribution is 2.32. The van der Waals surface area contributed by atoms with Gasteiger partial charge in [-0.15, -0.1) is 0 Å².